The molecular formula is C23H25F6NOS. The fourth-order valence-electron chi connectivity index (χ4n) is 3.09. The van der Waals surface area contributed by atoms with Crippen LogP contribution in [-0.2, 0) is 29.9 Å². The van der Waals surface area contributed by atoms with E-state index in [4.69, 9.17) is 0 Å². The summed E-state index contributed by atoms with van der Waals surface area (Å²) in [6.45, 7) is 9.00. The number of nitrogens with zero attached hydrogens (tertiary/aromatic N) is 1. The molecule has 0 aliphatic rings. The summed E-state index contributed by atoms with van der Waals surface area (Å²) < 4.78 is 91.8. The molecule has 0 aliphatic carbocycles. The Kier molecular flexibility index (Phi) is 7.99. The van der Waals surface area contributed by atoms with Crippen LogP contribution < -0.4 is 0 Å². The minimum atomic E-state index is -4.49. The molecule has 0 N–H and O–H groups in total. The van der Waals surface area contributed by atoms with Crippen LogP contribution in [0.3, 0.4) is 0 Å². The average molecular weight is 478 g/mol. The monoisotopic (exact) mass is 477 g/mol. The Bertz CT molecular complexity index is 927. The second-order valence-electron chi connectivity index (χ2n) is 8.29. The van der Waals surface area contributed by atoms with Gasteiger partial charge in [-0.2, -0.15) is 26.3 Å². The molecule has 0 aromatic heterocycles. The predicted octanol–water partition coefficient (Wildman–Crippen LogP) is 7.31. The Hall–Kier alpha value is -2.13. The maximum absolute atomic E-state index is 13.4. The highest BCUT2D eigenvalue weighted by Crippen LogP contribution is 2.35. The van der Waals surface area contributed by atoms with E-state index < -0.39 is 45.3 Å². The van der Waals surface area contributed by atoms with E-state index in [0.717, 1.165) is 24.3 Å². The van der Waals surface area contributed by atoms with Crippen LogP contribution in [0.2, 0.25) is 0 Å². The van der Waals surface area contributed by atoms with E-state index in [1.54, 1.807) is 31.2 Å². The van der Waals surface area contributed by atoms with Gasteiger partial charge in [0.1, 0.15) is 11.0 Å². The van der Waals surface area contributed by atoms with Crippen LogP contribution in [0, 0.1) is 0 Å². The highest BCUT2D eigenvalue weighted by atomic mass is 32.2. The summed E-state index contributed by atoms with van der Waals surface area (Å²) in [5.74, 6) is 0. The van der Waals surface area contributed by atoms with Gasteiger partial charge in [-0.3, -0.25) is 0 Å². The summed E-state index contributed by atoms with van der Waals surface area (Å²) in [7, 11) is -1.61. The minimum Gasteiger partial charge on any atom is -0.242 e. The van der Waals surface area contributed by atoms with Gasteiger partial charge in [-0.1, -0.05) is 30.3 Å². The van der Waals surface area contributed by atoms with Gasteiger partial charge in [-0.15, -0.1) is 6.58 Å². The fourth-order valence-corrected chi connectivity index (χ4v) is 4.50. The quantitative estimate of drug-likeness (QED) is 0.303. The fraction of sp³-hybridized carbons (Fsp3) is 0.391. The van der Waals surface area contributed by atoms with E-state index >= 15 is 0 Å². The number of rotatable bonds is 7. The molecule has 0 heterocycles. The molecular weight excluding hydrogens is 452 g/mol. The first-order valence-electron chi connectivity index (χ1n) is 9.77. The van der Waals surface area contributed by atoms with Crippen molar-refractivity contribution in [2.75, 3.05) is 0 Å². The van der Waals surface area contributed by atoms with Gasteiger partial charge in [0.15, 0.2) is 0 Å². The highest BCUT2D eigenvalue weighted by Gasteiger charge is 2.34. The maximum atomic E-state index is 13.4. The lowest BCUT2D eigenvalue weighted by Crippen LogP contribution is -2.39. The number of hydrogen-bond donors (Lipinski definition) is 0. The number of benzene rings is 2. The van der Waals surface area contributed by atoms with Gasteiger partial charge in [0.25, 0.3) is 0 Å². The molecule has 0 amide bonds. The highest BCUT2D eigenvalue weighted by molar-refractivity contribution is 7.84. The third-order valence-corrected chi connectivity index (χ3v) is 6.57. The Morgan fingerprint density at radius 1 is 0.875 bits per heavy atom. The third-order valence-electron chi connectivity index (χ3n) is 4.72. The van der Waals surface area contributed by atoms with Gasteiger partial charge in [0, 0.05) is 6.54 Å². The number of alkyl halides is 6. The summed E-state index contributed by atoms with van der Waals surface area (Å²) in [6, 6.07) is 8.52. The van der Waals surface area contributed by atoms with Crippen LogP contribution in [0.25, 0.3) is 0 Å². The maximum Gasteiger partial charge on any atom is 0.416 e. The van der Waals surface area contributed by atoms with E-state index in [-0.39, 0.29) is 13.0 Å². The van der Waals surface area contributed by atoms with Gasteiger partial charge in [-0.25, -0.2) is 8.51 Å². The van der Waals surface area contributed by atoms with E-state index in [0.29, 0.717) is 11.1 Å². The molecule has 0 radical (unpaired) electrons. The SMILES string of the molecule is C=CCC(c1ccc(C(F)(F)F)cc1)N(Cc1ccc(C(F)(F)F)cc1)S(=O)C(C)(C)C. The molecule has 9 heteroatoms. The lowest BCUT2D eigenvalue weighted by molar-refractivity contribution is -0.138. The Morgan fingerprint density at radius 3 is 1.69 bits per heavy atom. The van der Waals surface area contributed by atoms with Crippen molar-refractivity contribution in [2.45, 2.75) is 56.9 Å². The summed E-state index contributed by atoms with van der Waals surface area (Å²) in [4.78, 5) is 0. The third kappa shape index (κ3) is 6.68. The smallest absolute Gasteiger partial charge is 0.242 e. The van der Waals surface area contributed by atoms with Gasteiger partial charge in [0.05, 0.1) is 21.9 Å². The second-order valence-corrected chi connectivity index (χ2v) is 10.5. The Morgan fingerprint density at radius 2 is 1.31 bits per heavy atom. The van der Waals surface area contributed by atoms with E-state index in [9.17, 15) is 30.6 Å². The zero-order chi connectivity index (χ0) is 24.3. The van der Waals surface area contributed by atoms with Gasteiger partial charge < -0.3 is 0 Å². The van der Waals surface area contributed by atoms with Crippen molar-refractivity contribution in [3.05, 3.63) is 83.4 Å². The molecule has 0 fully saturated rings. The van der Waals surface area contributed by atoms with Gasteiger partial charge in [0.2, 0.25) is 0 Å². The first-order valence-corrected chi connectivity index (χ1v) is 10.9. The summed E-state index contributed by atoms with van der Waals surface area (Å²) in [6.07, 6.45) is -7.10. The molecule has 2 nitrogen and oxygen atoms in total. The van der Waals surface area contributed by atoms with Crippen LogP contribution in [0.4, 0.5) is 26.3 Å². The summed E-state index contributed by atoms with van der Waals surface area (Å²) in [5.41, 5.74) is -0.598. The average Bonchev–Trinajstić information content (AvgIpc) is 2.68. The second kappa shape index (κ2) is 9.79. The van der Waals surface area contributed by atoms with Crippen molar-refractivity contribution in [3.63, 3.8) is 0 Å². The lowest BCUT2D eigenvalue weighted by atomic mass is 10.0. The first kappa shape index (κ1) is 26.1. The molecule has 2 rings (SSSR count). The van der Waals surface area contributed by atoms with Crippen LogP contribution in [-0.4, -0.2) is 13.3 Å². The standard InChI is InChI=1S/C23H25F6NOS/c1-5-6-20(17-9-13-19(14-10-17)23(27,28)29)30(32(31)21(2,3)4)15-16-7-11-18(12-8-16)22(24,25)26/h5,7-14,20H,1,6,15H2,2-4H3. The van der Waals surface area contributed by atoms with E-state index in [1.807, 2.05) is 0 Å². The Labute approximate surface area is 186 Å². The normalized spacial score (nSPS) is 14.9. The van der Waals surface area contributed by atoms with Crippen molar-refractivity contribution < 1.29 is 30.6 Å². The zero-order valence-electron chi connectivity index (χ0n) is 17.9. The first-order chi connectivity index (χ1) is 14.6. The van der Waals surface area contributed by atoms with E-state index in [2.05, 4.69) is 6.58 Å². The van der Waals surface area contributed by atoms with Crippen LogP contribution in [0.1, 0.15) is 55.5 Å². The summed E-state index contributed by atoms with van der Waals surface area (Å²) in [5, 5.41) is 0. The molecule has 0 spiro atoms. The molecule has 0 bridgehead atoms. The van der Waals surface area contributed by atoms with Crippen molar-refractivity contribution >= 4 is 11.0 Å². The molecule has 32 heavy (non-hydrogen) atoms. The van der Waals surface area contributed by atoms with Crippen molar-refractivity contribution in [1.82, 2.24) is 4.31 Å². The van der Waals surface area contributed by atoms with Crippen LogP contribution in [0.15, 0.2) is 61.2 Å². The van der Waals surface area contributed by atoms with Crippen molar-refractivity contribution in [3.8, 4) is 0 Å². The predicted molar refractivity (Wildman–Crippen MR) is 114 cm³/mol. The minimum absolute atomic E-state index is 0.0432. The van der Waals surface area contributed by atoms with Gasteiger partial charge in [-0.05, 0) is 62.6 Å². The number of halogens is 6. The molecule has 0 aliphatic heterocycles. The van der Waals surface area contributed by atoms with Crippen LogP contribution in [0.5, 0.6) is 0 Å². The molecule has 0 saturated carbocycles. The van der Waals surface area contributed by atoms with Crippen molar-refractivity contribution in [1.29, 1.82) is 0 Å². The largest absolute Gasteiger partial charge is 0.416 e. The lowest BCUT2D eigenvalue weighted by Gasteiger charge is -2.35. The molecule has 2 aromatic rings. The molecule has 0 saturated heterocycles. The van der Waals surface area contributed by atoms with Crippen molar-refractivity contribution in [2.24, 2.45) is 0 Å². The molecule has 2 unspecified atom stereocenters. The summed E-state index contributed by atoms with van der Waals surface area (Å²) >= 11 is 0. The molecule has 176 valence electrons. The van der Waals surface area contributed by atoms with Gasteiger partial charge >= 0.3 is 12.4 Å². The number of hydrogen-bond acceptors (Lipinski definition) is 1. The Balaban J connectivity index is 2.46. The van der Waals surface area contributed by atoms with E-state index in [1.165, 1.54) is 24.3 Å². The van der Waals surface area contributed by atoms with Crippen LogP contribution >= 0.6 is 0 Å². The molecule has 2 aromatic carbocycles. The zero-order valence-corrected chi connectivity index (χ0v) is 18.7. The topological polar surface area (TPSA) is 20.3 Å². The molecule has 2 atom stereocenters.